The highest BCUT2D eigenvalue weighted by molar-refractivity contribution is 4.89. The van der Waals surface area contributed by atoms with Crippen LogP contribution in [0.3, 0.4) is 0 Å². The lowest BCUT2D eigenvalue weighted by Crippen LogP contribution is -2.59. The number of aliphatic hydroxyl groups excluding tert-OH is 1. The van der Waals surface area contributed by atoms with Gasteiger partial charge in [-0.25, -0.2) is 0 Å². The molecule has 0 aromatic heterocycles. The summed E-state index contributed by atoms with van der Waals surface area (Å²) < 4.78 is 0. The largest absolute Gasteiger partial charge is 0.394 e. The zero-order valence-electron chi connectivity index (χ0n) is 14.0. The molecule has 0 aromatic carbocycles. The Morgan fingerprint density at radius 3 is 2.15 bits per heavy atom. The fourth-order valence-corrected chi connectivity index (χ4v) is 2.84. The first-order valence-corrected chi connectivity index (χ1v) is 7.82. The van der Waals surface area contributed by atoms with Gasteiger partial charge in [-0.15, -0.1) is 0 Å². The molecule has 0 bridgehead atoms. The summed E-state index contributed by atoms with van der Waals surface area (Å²) in [6.07, 6.45) is 0. The lowest BCUT2D eigenvalue weighted by atomic mass is 10.0. The van der Waals surface area contributed by atoms with Crippen LogP contribution in [0, 0.1) is 0 Å². The number of hydrogen-bond donors (Lipinski definition) is 2. The number of piperazine rings is 1. The molecule has 120 valence electrons. The zero-order valence-corrected chi connectivity index (χ0v) is 14.0. The molecule has 1 aliphatic rings. The summed E-state index contributed by atoms with van der Waals surface area (Å²) in [5, 5.41) is 13.1. The van der Waals surface area contributed by atoms with Gasteiger partial charge in [-0.3, -0.25) is 9.80 Å². The maximum atomic E-state index is 9.66. The standard InChI is InChI=1S/C15H34N4O/c1-14(2)16-15(3,13-20)12-19-10-8-18(9-11-19)7-6-17(4)5/h14,16,20H,6-13H2,1-5H3. The van der Waals surface area contributed by atoms with E-state index in [9.17, 15) is 5.11 Å². The van der Waals surface area contributed by atoms with Gasteiger partial charge in [0, 0.05) is 51.9 Å². The van der Waals surface area contributed by atoms with Crippen LogP contribution in [0.25, 0.3) is 0 Å². The topological polar surface area (TPSA) is 42.0 Å². The molecular weight excluding hydrogens is 252 g/mol. The van der Waals surface area contributed by atoms with Crippen LogP contribution >= 0.6 is 0 Å². The van der Waals surface area contributed by atoms with Gasteiger partial charge >= 0.3 is 0 Å². The van der Waals surface area contributed by atoms with Crippen LogP contribution in [-0.2, 0) is 0 Å². The van der Waals surface area contributed by atoms with Gasteiger partial charge < -0.3 is 15.3 Å². The predicted molar refractivity (Wildman–Crippen MR) is 85.2 cm³/mol. The Kier molecular flexibility index (Phi) is 7.40. The van der Waals surface area contributed by atoms with E-state index in [1.54, 1.807) is 0 Å². The first-order valence-electron chi connectivity index (χ1n) is 7.82. The Morgan fingerprint density at radius 2 is 1.70 bits per heavy atom. The highest BCUT2D eigenvalue weighted by Crippen LogP contribution is 2.10. The molecule has 5 heteroatoms. The van der Waals surface area contributed by atoms with Crippen molar-refractivity contribution < 1.29 is 5.11 Å². The molecule has 0 aromatic rings. The van der Waals surface area contributed by atoms with Crippen LogP contribution in [0.15, 0.2) is 0 Å². The average Bonchev–Trinajstić information content (AvgIpc) is 2.37. The second-order valence-corrected chi connectivity index (χ2v) is 6.94. The normalized spacial score (nSPS) is 21.6. The minimum Gasteiger partial charge on any atom is -0.394 e. The number of hydrogen-bond acceptors (Lipinski definition) is 5. The van der Waals surface area contributed by atoms with Gasteiger partial charge in [0.05, 0.1) is 12.1 Å². The highest BCUT2D eigenvalue weighted by Gasteiger charge is 2.28. The van der Waals surface area contributed by atoms with Crippen LogP contribution in [0.4, 0.5) is 0 Å². The van der Waals surface area contributed by atoms with E-state index >= 15 is 0 Å². The number of rotatable bonds is 8. The first-order chi connectivity index (χ1) is 9.34. The molecule has 5 nitrogen and oxygen atoms in total. The zero-order chi connectivity index (χ0) is 15.2. The van der Waals surface area contributed by atoms with Crippen LogP contribution < -0.4 is 5.32 Å². The van der Waals surface area contributed by atoms with Crippen molar-refractivity contribution in [2.24, 2.45) is 0 Å². The number of aliphatic hydroxyl groups is 1. The van der Waals surface area contributed by atoms with E-state index in [4.69, 9.17) is 0 Å². The molecule has 20 heavy (non-hydrogen) atoms. The van der Waals surface area contributed by atoms with Crippen LogP contribution in [0.1, 0.15) is 20.8 Å². The predicted octanol–water partition coefficient (Wildman–Crippen LogP) is -0.0854. The Morgan fingerprint density at radius 1 is 1.15 bits per heavy atom. The van der Waals surface area contributed by atoms with E-state index in [2.05, 4.69) is 54.9 Å². The van der Waals surface area contributed by atoms with E-state index in [1.165, 1.54) is 0 Å². The second kappa shape index (κ2) is 8.29. The Balaban J connectivity index is 2.33. The Labute approximate surface area is 124 Å². The van der Waals surface area contributed by atoms with Crippen LogP contribution in [-0.4, -0.2) is 97.9 Å². The molecule has 2 N–H and O–H groups in total. The van der Waals surface area contributed by atoms with Crippen molar-refractivity contribution in [3.8, 4) is 0 Å². The minimum atomic E-state index is -0.194. The molecule has 1 aliphatic heterocycles. The van der Waals surface area contributed by atoms with E-state index in [1.807, 2.05) is 0 Å². The summed E-state index contributed by atoms with van der Waals surface area (Å²) in [5.74, 6) is 0. The molecule has 0 spiro atoms. The van der Waals surface area contributed by atoms with Gasteiger partial charge in [0.2, 0.25) is 0 Å². The summed E-state index contributed by atoms with van der Waals surface area (Å²) in [6, 6.07) is 0.397. The fraction of sp³-hybridized carbons (Fsp3) is 1.00. The smallest absolute Gasteiger partial charge is 0.0623 e. The van der Waals surface area contributed by atoms with Gasteiger partial charge in [0.25, 0.3) is 0 Å². The molecule has 1 heterocycles. The van der Waals surface area contributed by atoms with Crippen molar-refractivity contribution in [3.63, 3.8) is 0 Å². The quantitative estimate of drug-likeness (QED) is 0.653. The maximum Gasteiger partial charge on any atom is 0.0623 e. The summed E-state index contributed by atoms with van der Waals surface area (Å²) in [4.78, 5) is 7.24. The molecule has 0 amide bonds. The molecular formula is C15H34N4O. The third-order valence-corrected chi connectivity index (χ3v) is 3.89. The van der Waals surface area contributed by atoms with Gasteiger partial charge in [-0.2, -0.15) is 0 Å². The third-order valence-electron chi connectivity index (χ3n) is 3.89. The van der Waals surface area contributed by atoms with Gasteiger partial charge in [0.1, 0.15) is 0 Å². The van der Waals surface area contributed by atoms with E-state index < -0.39 is 0 Å². The highest BCUT2D eigenvalue weighted by atomic mass is 16.3. The first kappa shape index (κ1) is 17.9. The van der Waals surface area contributed by atoms with E-state index in [0.717, 1.165) is 45.8 Å². The van der Waals surface area contributed by atoms with Crippen LogP contribution in [0.2, 0.25) is 0 Å². The summed E-state index contributed by atoms with van der Waals surface area (Å²) in [6.45, 7) is 14.2. The minimum absolute atomic E-state index is 0.187. The SMILES string of the molecule is CC(C)NC(C)(CO)CN1CCN(CCN(C)C)CC1. The monoisotopic (exact) mass is 286 g/mol. The lowest BCUT2D eigenvalue weighted by Gasteiger charge is -2.41. The molecule has 1 rings (SSSR count). The van der Waals surface area contributed by atoms with Gasteiger partial charge in [-0.1, -0.05) is 13.8 Å². The van der Waals surface area contributed by atoms with Gasteiger partial charge in [0.15, 0.2) is 0 Å². The van der Waals surface area contributed by atoms with E-state index in [0.29, 0.717) is 6.04 Å². The maximum absolute atomic E-state index is 9.66. The van der Waals surface area contributed by atoms with Crippen molar-refractivity contribution in [1.29, 1.82) is 0 Å². The Bertz CT molecular complexity index is 265. The van der Waals surface area contributed by atoms with Gasteiger partial charge in [-0.05, 0) is 21.0 Å². The molecule has 1 atom stereocenters. The molecule has 1 saturated heterocycles. The summed E-state index contributed by atoms with van der Waals surface area (Å²) in [5.41, 5.74) is -0.194. The molecule has 1 fully saturated rings. The second-order valence-electron chi connectivity index (χ2n) is 6.94. The number of nitrogens with one attached hydrogen (secondary N) is 1. The molecule has 1 unspecified atom stereocenters. The molecule has 0 saturated carbocycles. The molecule has 0 aliphatic carbocycles. The van der Waals surface area contributed by atoms with Crippen molar-refractivity contribution in [1.82, 2.24) is 20.0 Å². The summed E-state index contributed by atoms with van der Waals surface area (Å²) in [7, 11) is 4.25. The fourth-order valence-electron chi connectivity index (χ4n) is 2.84. The molecule has 0 radical (unpaired) electrons. The average molecular weight is 286 g/mol. The number of nitrogens with zero attached hydrogens (tertiary/aromatic N) is 3. The van der Waals surface area contributed by atoms with Crippen molar-refractivity contribution >= 4 is 0 Å². The Hall–Kier alpha value is -0.200. The van der Waals surface area contributed by atoms with E-state index in [-0.39, 0.29) is 12.1 Å². The van der Waals surface area contributed by atoms with Crippen molar-refractivity contribution in [2.75, 3.05) is 66.5 Å². The van der Waals surface area contributed by atoms with Crippen molar-refractivity contribution in [2.45, 2.75) is 32.4 Å². The van der Waals surface area contributed by atoms with Crippen LogP contribution in [0.5, 0.6) is 0 Å². The lowest BCUT2D eigenvalue weighted by molar-refractivity contribution is 0.0727. The van der Waals surface area contributed by atoms with Crippen molar-refractivity contribution in [3.05, 3.63) is 0 Å². The summed E-state index contributed by atoms with van der Waals surface area (Å²) >= 11 is 0. The third kappa shape index (κ3) is 6.50. The number of likely N-dealkylation sites (N-methyl/N-ethyl adjacent to an activating group) is 1.